The second-order valence-electron chi connectivity index (χ2n) is 9.81. The van der Waals surface area contributed by atoms with Crippen molar-refractivity contribution in [3.8, 4) is 5.75 Å². The molecule has 4 rings (SSSR count). The maximum absolute atomic E-state index is 13.5. The van der Waals surface area contributed by atoms with Gasteiger partial charge in [-0.25, -0.2) is 9.31 Å². The number of alkyl halides is 6. The summed E-state index contributed by atoms with van der Waals surface area (Å²) in [7, 11) is 0. The molecule has 3 heterocycles. The molecule has 0 spiro atoms. The summed E-state index contributed by atoms with van der Waals surface area (Å²) in [6.45, 7) is 4.41. The smallest absolute Gasteiger partial charge is 0.433 e. The van der Waals surface area contributed by atoms with Crippen LogP contribution in [0.2, 0.25) is 0 Å². The van der Waals surface area contributed by atoms with Crippen LogP contribution in [0.4, 0.5) is 37.1 Å². The molecule has 1 N–H and O–H groups in total. The fourth-order valence-electron chi connectivity index (χ4n) is 4.57. The van der Waals surface area contributed by atoms with Crippen LogP contribution in [0.25, 0.3) is 5.65 Å². The van der Waals surface area contributed by atoms with E-state index < -0.39 is 47.7 Å². The summed E-state index contributed by atoms with van der Waals surface area (Å²) in [5.74, 6) is -0.670. The zero-order chi connectivity index (χ0) is 25.8. The van der Waals surface area contributed by atoms with E-state index in [1.807, 2.05) is 0 Å². The minimum Gasteiger partial charge on any atom is -0.480 e. The third-order valence-electron chi connectivity index (χ3n) is 5.91. The van der Waals surface area contributed by atoms with Crippen molar-refractivity contribution in [3.63, 3.8) is 0 Å². The Morgan fingerprint density at radius 2 is 1.71 bits per heavy atom. The quantitative estimate of drug-likeness (QED) is 0.600. The van der Waals surface area contributed by atoms with Crippen molar-refractivity contribution in [2.75, 3.05) is 25.0 Å². The van der Waals surface area contributed by atoms with Gasteiger partial charge in [0.1, 0.15) is 11.3 Å². The van der Waals surface area contributed by atoms with Crippen molar-refractivity contribution >= 4 is 17.7 Å². The highest BCUT2D eigenvalue weighted by Crippen LogP contribution is 2.39. The normalized spacial score (nSPS) is 23.0. The molecule has 1 saturated heterocycles. The average Bonchev–Trinajstić information content (AvgIpc) is 3.20. The van der Waals surface area contributed by atoms with Crippen LogP contribution in [0, 0.1) is 11.8 Å². The second kappa shape index (κ2) is 8.63. The first-order valence-electron chi connectivity index (χ1n) is 11.0. The van der Waals surface area contributed by atoms with E-state index in [-0.39, 0.29) is 23.8 Å². The number of carbonyl (C=O) groups is 1. The summed E-state index contributed by atoms with van der Waals surface area (Å²) < 4.78 is 88.8. The molecule has 1 unspecified atom stereocenters. The van der Waals surface area contributed by atoms with Gasteiger partial charge in [0.2, 0.25) is 5.95 Å². The summed E-state index contributed by atoms with van der Waals surface area (Å²) in [5, 5.41) is 6.94. The Morgan fingerprint density at radius 1 is 1.09 bits per heavy atom. The van der Waals surface area contributed by atoms with Gasteiger partial charge in [-0.2, -0.15) is 31.3 Å². The van der Waals surface area contributed by atoms with Crippen molar-refractivity contribution in [2.45, 2.75) is 57.6 Å². The molecule has 0 aromatic carbocycles. The number of amides is 1. The van der Waals surface area contributed by atoms with Crippen LogP contribution >= 0.6 is 0 Å². The maximum atomic E-state index is 13.5. The topological polar surface area (TPSA) is 81.0 Å². The molecule has 3 atom stereocenters. The molecular weight excluding hydrogens is 484 g/mol. The molecule has 1 saturated carbocycles. The number of pyridine rings is 1. The summed E-state index contributed by atoms with van der Waals surface area (Å²) in [6.07, 6.45) is -8.36. The third-order valence-corrected chi connectivity index (χ3v) is 5.91. The minimum absolute atomic E-state index is 0.0177. The van der Waals surface area contributed by atoms with E-state index in [9.17, 15) is 31.1 Å². The molecule has 2 aliphatic rings. The number of hydrogen-bond donors (Lipinski definition) is 1. The van der Waals surface area contributed by atoms with Gasteiger partial charge < -0.3 is 19.7 Å². The number of aromatic nitrogens is 3. The van der Waals surface area contributed by atoms with E-state index in [4.69, 9.17) is 4.74 Å². The van der Waals surface area contributed by atoms with Crippen LogP contribution in [0.5, 0.6) is 5.75 Å². The van der Waals surface area contributed by atoms with Crippen molar-refractivity contribution in [2.24, 2.45) is 11.8 Å². The van der Waals surface area contributed by atoms with Crippen LogP contribution in [-0.2, 0) is 10.9 Å². The molecule has 2 bridgehead atoms. The first kappa shape index (κ1) is 25.2. The monoisotopic (exact) mass is 509 g/mol. The van der Waals surface area contributed by atoms with E-state index in [0.29, 0.717) is 23.7 Å². The first-order chi connectivity index (χ1) is 16.1. The van der Waals surface area contributed by atoms with Gasteiger partial charge in [0.25, 0.3) is 0 Å². The molecule has 0 radical (unpaired) electrons. The van der Waals surface area contributed by atoms with Gasteiger partial charge in [-0.3, -0.25) is 0 Å². The second-order valence-corrected chi connectivity index (χ2v) is 9.81. The van der Waals surface area contributed by atoms with Crippen molar-refractivity contribution in [1.29, 1.82) is 0 Å². The number of piperidine rings is 1. The first-order valence-corrected chi connectivity index (χ1v) is 11.0. The summed E-state index contributed by atoms with van der Waals surface area (Å²) >= 11 is 0. The van der Waals surface area contributed by atoms with Gasteiger partial charge in [-0.15, -0.1) is 5.10 Å². The molecular formula is C21H25F6N5O3. The summed E-state index contributed by atoms with van der Waals surface area (Å²) in [6, 6.07) is 1.17. The Bertz CT molecular complexity index is 1080. The van der Waals surface area contributed by atoms with E-state index in [2.05, 4.69) is 20.1 Å². The summed E-state index contributed by atoms with van der Waals surface area (Å²) in [4.78, 5) is 18.1. The number of nitrogens with zero attached hydrogens (tertiary/aromatic N) is 4. The molecule has 35 heavy (non-hydrogen) atoms. The Hall–Kier alpha value is -2.93. The predicted molar refractivity (Wildman–Crippen MR) is 111 cm³/mol. The van der Waals surface area contributed by atoms with Gasteiger partial charge in [-0.05, 0) is 57.6 Å². The highest BCUT2D eigenvalue weighted by molar-refractivity contribution is 5.68. The lowest BCUT2D eigenvalue weighted by atomic mass is 9.92. The van der Waals surface area contributed by atoms with Crippen molar-refractivity contribution < 1.29 is 40.6 Å². The largest absolute Gasteiger partial charge is 0.480 e. The van der Waals surface area contributed by atoms with Gasteiger partial charge in [0.15, 0.2) is 18.0 Å². The third kappa shape index (κ3) is 5.67. The fraction of sp³-hybridized carbons (Fsp3) is 0.667. The molecule has 1 amide bonds. The highest BCUT2D eigenvalue weighted by atomic mass is 19.4. The zero-order valence-corrected chi connectivity index (χ0v) is 19.2. The van der Waals surface area contributed by atoms with Gasteiger partial charge >= 0.3 is 18.4 Å². The zero-order valence-electron chi connectivity index (χ0n) is 19.2. The summed E-state index contributed by atoms with van der Waals surface area (Å²) in [5.41, 5.74) is -2.33. The van der Waals surface area contributed by atoms with E-state index in [1.165, 1.54) is 0 Å². The fourth-order valence-corrected chi connectivity index (χ4v) is 4.57. The van der Waals surface area contributed by atoms with Gasteiger partial charge in [0, 0.05) is 19.1 Å². The lowest BCUT2D eigenvalue weighted by molar-refractivity contribution is -0.153. The van der Waals surface area contributed by atoms with Crippen molar-refractivity contribution in [3.05, 3.63) is 17.8 Å². The lowest BCUT2D eigenvalue weighted by Crippen LogP contribution is -2.51. The number of anilines is 1. The number of ether oxygens (including phenoxy) is 2. The van der Waals surface area contributed by atoms with Crippen LogP contribution in [0.3, 0.4) is 0 Å². The Morgan fingerprint density at radius 3 is 2.26 bits per heavy atom. The molecule has 2 aromatic heterocycles. The number of nitrogens with one attached hydrogen (secondary N) is 1. The van der Waals surface area contributed by atoms with E-state index in [0.717, 1.165) is 18.9 Å². The van der Waals surface area contributed by atoms with Crippen LogP contribution in [0.15, 0.2) is 12.1 Å². The number of likely N-dealkylation sites (tertiary alicyclic amines) is 1. The average molecular weight is 509 g/mol. The molecule has 194 valence electrons. The number of carbonyl (C=O) groups excluding carboxylic acids is 1. The molecule has 8 nitrogen and oxygen atoms in total. The Labute approximate surface area is 196 Å². The number of halogens is 6. The lowest BCUT2D eigenvalue weighted by Gasteiger charge is -2.38. The maximum Gasteiger partial charge on any atom is 0.433 e. The molecule has 14 heteroatoms. The van der Waals surface area contributed by atoms with E-state index in [1.54, 1.807) is 25.7 Å². The van der Waals surface area contributed by atoms with E-state index >= 15 is 0 Å². The SMILES string of the molecule is CC(C)(C)OC(=O)N1C[C@H]2CC[C@@H](C1)C2Nc1nc2c(OCC(F)(F)F)ccc(C(F)(F)F)n2n1. The Kier molecular flexibility index (Phi) is 6.20. The molecule has 1 aliphatic heterocycles. The van der Waals surface area contributed by atoms with Gasteiger partial charge in [-0.1, -0.05) is 0 Å². The molecule has 2 aromatic rings. The molecule has 2 fully saturated rings. The van der Waals surface area contributed by atoms with Gasteiger partial charge in [0.05, 0.1) is 0 Å². The number of fused-ring (bicyclic) bond motifs is 3. The number of hydrogen-bond acceptors (Lipinski definition) is 6. The van der Waals surface area contributed by atoms with Crippen LogP contribution in [0.1, 0.15) is 39.3 Å². The molecule has 1 aliphatic carbocycles. The Balaban J connectivity index is 1.56. The van der Waals surface area contributed by atoms with Crippen LogP contribution < -0.4 is 10.1 Å². The minimum atomic E-state index is -4.82. The standard InChI is InChI=1S/C21H25F6N5O3/c1-19(2,3)35-18(33)31-8-11-4-5-12(9-31)15(11)28-17-29-16-13(34-10-20(22,23)24)6-7-14(21(25,26)27)32(16)30-17/h6-7,11-12,15H,4-5,8-10H2,1-3H3,(H,28,30)/t11-,12+,15?. The highest BCUT2D eigenvalue weighted by Gasteiger charge is 2.45. The van der Waals surface area contributed by atoms with Crippen LogP contribution in [-0.4, -0.2) is 63.1 Å². The predicted octanol–water partition coefficient (Wildman–Crippen LogP) is 4.75. The van der Waals surface area contributed by atoms with Crippen molar-refractivity contribution in [1.82, 2.24) is 19.5 Å². The number of rotatable bonds is 4.